The zero-order chi connectivity index (χ0) is 26.9. The maximum Gasteiger partial charge on any atom is 0.335 e. The van der Waals surface area contributed by atoms with Gasteiger partial charge in [-0.2, -0.15) is 0 Å². The van der Waals surface area contributed by atoms with Gasteiger partial charge in [-0.1, -0.05) is 41.9 Å². The van der Waals surface area contributed by atoms with Gasteiger partial charge in [-0.15, -0.1) is 0 Å². The second-order valence-electron chi connectivity index (χ2n) is 9.45. The van der Waals surface area contributed by atoms with Crippen LogP contribution in [0.25, 0.3) is 0 Å². The number of aliphatic hydroxyl groups is 2. The van der Waals surface area contributed by atoms with Crippen molar-refractivity contribution in [3.05, 3.63) is 63.7 Å². The topological polar surface area (TPSA) is 148 Å². The first-order valence-electron chi connectivity index (χ1n) is 11.7. The van der Waals surface area contributed by atoms with Crippen LogP contribution < -0.4 is 10.6 Å². The van der Waals surface area contributed by atoms with Crippen LogP contribution in [0.3, 0.4) is 0 Å². The summed E-state index contributed by atoms with van der Waals surface area (Å²) in [6.45, 7) is 9.68. The van der Waals surface area contributed by atoms with Crippen LogP contribution in [0.4, 0.5) is 5.69 Å². The highest BCUT2D eigenvalue weighted by Gasteiger charge is 2.29. The molecule has 1 aliphatic rings. The van der Waals surface area contributed by atoms with Crippen molar-refractivity contribution in [1.82, 2.24) is 5.32 Å². The minimum atomic E-state index is -2.27. The fourth-order valence-corrected chi connectivity index (χ4v) is 3.69. The number of aliphatic carboxylic acids is 2. The van der Waals surface area contributed by atoms with E-state index in [-0.39, 0.29) is 5.60 Å². The molecule has 2 atom stereocenters. The van der Waals surface area contributed by atoms with Crippen molar-refractivity contribution in [2.24, 2.45) is 0 Å². The highest BCUT2D eigenvalue weighted by molar-refractivity contribution is 6.33. The zero-order valence-corrected chi connectivity index (χ0v) is 21.5. The van der Waals surface area contributed by atoms with Gasteiger partial charge in [0.05, 0.1) is 22.9 Å². The normalized spacial score (nSPS) is 14.9. The summed E-state index contributed by atoms with van der Waals surface area (Å²) in [5.41, 5.74) is 6.17. The molecular formula is C26H35ClN2O7. The molecule has 0 saturated heterocycles. The molecule has 6 N–H and O–H groups in total. The summed E-state index contributed by atoms with van der Waals surface area (Å²) in [5, 5.41) is 40.4. The maximum absolute atomic E-state index is 9.77. The van der Waals surface area contributed by atoms with Crippen LogP contribution >= 0.6 is 11.6 Å². The number of benzene rings is 2. The quantitative estimate of drug-likeness (QED) is 0.308. The number of fused-ring (bicyclic) bond motifs is 1. The molecule has 3 rings (SSSR count). The van der Waals surface area contributed by atoms with Gasteiger partial charge in [0.15, 0.2) is 12.2 Å². The lowest BCUT2D eigenvalue weighted by atomic mass is 10.0. The minimum Gasteiger partial charge on any atom is -0.479 e. The molecule has 2 unspecified atom stereocenters. The minimum absolute atomic E-state index is 0.114. The molecule has 0 spiro atoms. The second-order valence-corrected chi connectivity index (χ2v) is 9.85. The Morgan fingerprint density at radius 1 is 0.972 bits per heavy atom. The summed E-state index contributed by atoms with van der Waals surface area (Å²) in [7, 11) is 0. The Morgan fingerprint density at radius 3 is 2.08 bits per heavy atom. The SMILES string of the molecule is CC(C)(C)OCc1ccc(CNc2c(Cl)ccc3c2CCNCC3)cc1.O=C(O)C(O)C(O)C(=O)O. The summed E-state index contributed by atoms with van der Waals surface area (Å²) in [4.78, 5) is 19.5. The van der Waals surface area contributed by atoms with E-state index >= 15 is 0 Å². The standard InChI is InChI=1S/C22H29ClN2O.C4H6O6/c1-22(2,3)26-15-17-6-4-16(5-7-17)14-25-21-19-11-13-24-12-10-18(19)8-9-20(21)23;5-1(3(7)8)2(6)4(9)10/h4-9,24-25H,10-15H2,1-3H3;1-2,5-6H,(H,7,8)(H,9,10). The fraction of sp³-hybridized carbons (Fsp3) is 0.462. The molecule has 0 aliphatic carbocycles. The second kappa shape index (κ2) is 13.6. The van der Waals surface area contributed by atoms with Crippen LogP contribution in [0.5, 0.6) is 0 Å². The molecular weight excluding hydrogens is 488 g/mol. The van der Waals surface area contributed by atoms with Gasteiger partial charge in [0.25, 0.3) is 0 Å². The molecule has 1 heterocycles. The molecule has 0 saturated carbocycles. The number of halogens is 1. The van der Waals surface area contributed by atoms with Crippen molar-refractivity contribution in [2.45, 2.75) is 64.6 Å². The van der Waals surface area contributed by atoms with Crippen LogP contribution in [-0.2, 0) is 40.3 Å². The van der Waals surface area contributed by atoms with Gasteiger partial charge in [-0.25, -0.2) is 9.59 Å². The lowest BCUT2D eigenvalue weighted by molar-refractivity contribution is -0.165. The summed E-state index contributed by atoms with van der Waals surface area (Å²) >= 11 is 6.49. The largest absolute Gasteiger partial charge is 0.479 e. The molecule has 1 aliphatic heterocycles. The highest BCUT2D eigenvalue weighted by Crippen LogP contribution is 2.31. The smallest absolute Gasteiger partial charge is 0.335 e. The van der Waals surface area contributed by atoms with Crippen molar-refractivity contribution < 1.29 is 34.8 Å². The van der Waals surface area contributed by atoms with Gasteiger partial charge >= 0.3 is 11.9 Å². The van der Waals surface area contributed by atoms with E-state index in [1.807, 2.05) is 6.07 Å². The van der Waals surface area contributed by atoms with Gasteiger partial charge in [-0.3, -0.25) is 0 Å². The molecule has 2 aromatic carbocycles. The zero-order valence-electron chi connectivity index (χ0n) is 20.8. The Kier molecular flexibility index (Phi) is 11.1. The van der Waals surface area contributed by atoms with Crippen molar-refractivity contribution in [1.29, 1.82) is 0 Å². The number of hydrogen-bond donors (Lipinski definition) is 6. The van der Waals surface area contributed by atoms with Crippen LogP contribution in [0.2, 0.25) is 5.02 Å². The van der Waals surface area contributed by atoms with E-state index in [1.54, 1.807) is 0 Å². The van der Waals surface area contributed by atoms with Gasteiger partial charge in [-0.05, 0) is 75.0 Å². The highest BCUT2D eigenvalue weighted by atomic mass is 35.5. The first-order valence-corrected chi connectivity index (χ1v) is 12.0. The number of ether oxygens (including phenoxy) is 1. The molecule has 0 radical (unpaired) electrons. The van der Waals surface area contributed by atoms with Crippen molar-refractivity contribution in [2.75, 3.05) is 18.4 Å². The summed E-state index contributed by atoms with van der Waals surface area (Å²) in [5.74, 6) is -3.54. The summed E-state index contributed by atoms with van der Waals surface area (Å²) in [6.07, 6.45) is -2.46. The van der Waals surface area contributed by atoms with E-state index in [9.17, 15) is 9.59 Å². The maximum atomic E-state index is 9.77. The molecule has 36 heavy (non-hydrogen) atoms. The van der Waals surface area contributed by atoms with Crippen molar-refractivity contribution >= 4 is 29.2 Å². The van der Waals surface area contributed by atoms with E-state index in [2.05, 4.69) is 61.7 Å². The Hall–Kier alpha value is -2.69. The predicted octanol–water partition coefficient (Wildman–Crippen LogP) is 2.83. The summed E-state index contributed by atoms with van der Waals surface area (Å²) < 4.78 is 5.84. The van der Waals surface area contributed by atoms with Gasteiger partial charge in [0.1, 0.15) is 0 Å². The number of nitrogens with one attached hydrogen (secondary N) is 2. The predicted molar refractivity (Wildman–Crippen MR) is 137 cm³/mol. The van der Waals surface area contributed by atoms with Crippen molar-refractivity contribution in [3.63, 3.8) is 0 Å². The average Bonchev–Trinajstić information content (AvgIpc) is 3.07. The lowest BCUT2D eigenvalue weighted by Gasteiger charge is -2.19. The molecule has 0 bridgehead atoms. The molecule has 10 heteroatoms. The molecule has 0 aromatic heterocycles. The molecule has 9 nitrogen and oxygen atoms in total. The number of anilines is 1. The number of carboxylic acids is 2. The number of carboxylic acid groups (broad SMARTS) is 2. The number of hydrogen-bond acceptors (Lipinski definition) is 7. The molecule has 198 valence electrons. The van der Waals surface area contributed by atoms with Gasteiger partial charge in [0, 0.05) is 6.54 Å². The number of rotatable bonds is 8. The van der Waals surface area contributed by atoms with Crippen molar-refractivity contribution in [3.8, 4) is 0 Å². The van der Waals surface area contributed by atoms with E-state index in [0.717, 1.165) is 43.2 Å². The Balaban J connectivity index is 0.000000388. The summed E-state index contributed by atoms with van der Waals surface area (Å²) in [6, 6.07) is 12.8. The third-order valence-electron chi connectivity index (χ3n) is 5.45. The Bertz CT molecular complexity index is 1000. The van der Waals surface area contributed by atoms with Crippen LogP contribution in [0, 0.1) is 0 Å². The van der Waals surface area contributed by atoms with Crippen LogP contribution in [0.1, 0.15) is 43.0 Å². The van der Waals surface area contributed by atoms with E-state index in [4.69, 9.17) is 36.8 Å². The monoisotopic (exact) mass is 522 g/mol. The Labute approximate surface area is 216 Å². The van der Waals surface area contributed by atoms with E-state index in [1.165, 1.54) is 22.3 Å². The van der Waals surface area contributed by atoms with Crippen LogP contribution in [0.15, 0.2) is 36.4 Å². The molecule has 0 fully saturated rings. The number of aliphatic hydroxyl groups excluding tert-OH is 2. The molecule has 2 aromatic rings. The molecule has 0 amide bonds. The lowest BCUT2D eigenvalue weighted by Crippen LogP contribution is -2.39. The number of carbonyl (C=O) groups is 2. The average molecular weight is 523 g/mol. The first kappa shape index (κ1) is 29.5. The third kappa shape index (κ3) is 9.40. The van der Waals surface area contributed by atoms with E-state index in [0.29, 0.717) is 6.61 Å². The van der Waals surface area contributed by atoms with Crippen LogP contribution in [-0.4, -0.2) is 63.3 Å². The third-order valence-corrected chi connectivity index (χ3v) is 5.77. The van der Waals surface area contributed by atoms with E-state index < -0.39 is 24.1 Å². The Morgan fingerprint density at radius 2 is 1.53 bits per heavy atom. The first-order chi connectivity index (χ1) is 16.9. The van der Waals surface area contributed by atoms with Gasteiger partial charge < -0.3 is 35.8 Å². The van der Waals surface area contributed by atoms with Gasteiger partial charge in [0.2, 0.25) is 0 Å². The fourth-order valence-electron chi connectivity index (χ4n) is 3.45.